The van der Waals surface area contributed by atoms with Crippen molar-refractivity contribution in [3.05, 3.63) is 28.8 Å². The summed E-state index contributed by atoms with van der Waals surface area (Å²) < 4.78 is 0. The third-order valence-corrected chi connectivity index (χ3v) is 4.96. The molecule has 0 saturated heterocycles. The van der Waals surface area contributed by atoms with Crippen LogP contribution in [0.2, 0.25) is 5.02 Å². The van der Waals surface area contributed by atoms with Crippen LogP contribution in [0.5, 0.6) is 0 Å². The van der Waals surface area contributed by atoms with E-state index < -0.39 is 0 Å². The highest BCUT2D eigenvalue weighted by molar-refractivity contribution is 7.99. The average molecular weight is 286 g/mol. The summed E-state index contributed by atoms with van der Waals surface area (Å²) in [7, 11) is 0. The topological polar surface area (TPSA) is 32.3 Å². The second-order valence-electron chi connectivity index (χ2n) is 4.98. The second kappa shape index (κ2) is 6.80. The van der Waals surface area contributed by atoms with Crippen LogP contribution in [-0.4, -0.2) is 23.5 Å². The summed E-state index contributed by atoms with van der Waals surface area (Å²) in [5.41, 5.74) is 1.27. The van der Waals surface area contributed by atoms with Gasteiger partial charge in [-0.05, 0) is 30.4 Å². The number of benzene rings is 1. The maximum atomic E-state index is 9.08. The summed E-state index contributed by atoms with van der Waals surface area (Å²) in [6, 6.07) is 6.78. The first-order valence-corrected chi connectivity index (χ1v) is 7.81. The number of aliphatic hydroxyl groups excluding tert-OH is 1. The van der Waals surface area contributed by atoms with E-state index in [1.807, 2.05) is 19.1 Å². The molecule has 1 unspecified atom stereocenters. The number of rotatable bonds is 7. The van der Waals surface area contributed by atoms with Gasteiger partial charge in [-0.3, -0.25) is 0 Å². The van der Waals surface area contributed by atoms with Crippen LogP contribution in [0.1, 0.15) is 25.3 Å². The first-order valence-electron chi connectivity index (χ1n) is 6.45. The summed E-state index contributed by atoms with van der Waals surface area (Å²) in [5, 5.41) is 13.4. The Hall–Kier alpha value is -0.220. The molecule has 0 heterocycles. The third-order valence-electron chi connectivity index (χ3n) is 3.03. The van der Waals surface area contributed by atoms with E-state index in [0.717, 1.165) is 22.2 Å². The van der Waals surface area contributed by atoms with Gasteiger partial charge in [0.05, 0.1) is 5.02 Å². The van der Waals surface area contributed by atoms with Crippen LogP contribution in [0.3, 0.4) is 0 Å². The Morgan fingerprint density at radius 2 is 2.28 bits per heavy atom. The molecule has 1 fully saturated rings. The molecular weight excluding hydrogens is 266 g/mol. The molecule has 0 spiro atoms. The first-order chi connectivity index (χ1) is 8.70. The number of nitrogens with one attached hydrogen (secondary N) is 1. The lowest BCUT2D eigenvalue weighted by molar-refractivity contribution is 0.250. The molecule has 1 saturated carbocycles. The fourth-order valence-electron chi connectivity index (χ4n) is 1.67. The average Bonchev–Trinajstić information content (AvgIpc) is 3.18. The van der Waals surface area contributed by atoms with Crippen molar-refractivity contribution in [3.63, 3.8) is 0 Å². The molecule has 2 N–H and O–H groups in total. The van der Waals surface area contributed by atoms with Crippen LogP contribution in [0.15, 0.2) is 23.1 Å². The Morgan fingerprint density at radius 3 is 2.94 bits per heavy atom. The summed E-state index contributed by atoms with van der Waals surface area (Å²) in [6.45, 7) is 3.17. The molecular formula is C14H20ClNOS. The molecule has 0 amide bonds. The molecule has 1 aliphatic carbocycles. The van der Waals surface area contributed by atoms with E-state index in [-0.39, 0.29) is 6.61 Å². The van der Waals surface area contributed by atoms with Crippen LogP contribution in [0.25, 0.3) is 0 Å². The monoisotopic (exact) mass is 285 g/mol. The molecule has 2 nitrogen and oxygen atoms in total. The highest BCUT2D eigenvalue weighted by atomic mass is 35.5. The quantitative estimate of drug-likeness (QED) is 0.754. The minimum Gasteiger partial charge on any atom is -0.396 e. The van der Waals surface area contributed by atoms with Crippen molar-refractivity contribution in [1.29, 1.82) is 0 Å². The van der Waals surface area contributed by atoms with E-state index in [1.165, 1.54) is 18.4 Å². The van der Waals surface area contributed by atoms with E-state index in [4.69, 9.17) is 16.7 Å². The van der Waals surface area contributed by atoms with E-state index in [2.05, 4.69) is 11.4 Å². The van der Waals surface area contributed by atoms with Crippen molar-refractivity contribution in [1.82, 2.24) is 5.32 Å². The maximum Gasteiger partial charge on any atom is 0.0545 e. The van der Waals surface area contributed by atoms with Crippen LogP contribution in [0, 0.1) is 5.92 Å². The summed E-state index contributed by atoms with van der Waals surface area (Å²) >= 11 is 8.02. The number of hydrogen-bond donors (Lipinski definition) is 2. The molecule has 1 aliphatic rings. The molecule has 2 rings (SSSR count). The van der Waals surface area contributed by atoms with Gasteiger partial charge < -0.3 is 10.4 Å². The normalized spacial score (nSPS) is 16.8. The van der Waals surface area contributed by atoms with Gasteiger partial charge in [0.2, 0.25) is 0 Å². The van der Waals surface area contributed by atoms with Crippen LogP contribution >= 0.6 is 23.4 Å². The minimum absolute atomic E-state index is 0.229. The van der Waals surface area contributed by atoms with Gasteiger partial charge in [-0.25, -0.2) is 0 Å². The van der Waals surface area contributed by atoms with Crippen molar-refractivity contribution in [3.8, 4) is 0 Å². The molecule has 0 radical (unpaired) electrons. The molecule has 100 valence electrons. The van der Waals surface area contributed by atoms with Crippen molar-refractivity contribution in [2.45, 2.75) is 37.2 Å². The van der Waals surface area contributed by atoms with Gasteiger partial charge in [0.25, 0.3) is 0 Å². The number of hydrogen-bond acceptors (Lipinski definition) is 3. The highest BCUT2D eigenvalue weighted by Gasteiger charge is 2.20. The van der Waals surface area contributed by atoms with Gasteiger partial charge >= 0.3 is 0 Å². The highest BCUT2D eigenvalue weighted by Crippen LogP contribution is 2.32. The van der Waals surface area contributed by atoms with Gasteiger partial charge in [-0.2, -0.15) is 0 Å². The lowest BCUT2D eigenvalue weighted by atomic mass is 10.2. The van der Waals surface area contributed by atoms with Gasteiger partial charge in [0.1, 0.15) is 0 Å². The van der Waals surface area contributed by atoms with Crippen molar-refractivity contribution < 1.29 is 5.11 Å². The van der Waals surface area contributed by atoms with E-state index >= 15 is 0 Å². The third kappa shape index (κ3) is 4.16. The summed E-state index contributed by atoms with van der Waals surface area (Å²) in [6.07, 6.45) is 2.59. The van der Waals surface area contributed by atoms with E-state index in [1.54, 1.807) is 11.8 Å². The minimum atomic E-state index is 0.229. The fourth-order valence-corrected chi connectivity index (χ4v) is 3.12. The van der Waals surface area contributed by atoms with E-state index in [9.17, 15) is 0 Å². The second-order valence-corrected chi connectivity index (χ2v) is 6.42. The molecule has 4 heteroatoms. The maximum absolute atomic E-state index is 9.08. The molecule has 1 aromatic carbocycles. The standard InChI is InChI=1S/C14H20ClNOS/c1-10(8-17)9-18-14-11(3-2-4-13(14)15)7-16-12-5-6-12/h2-4,10,12,16-17H,5-9H2,1H3. The Balaban J connectivity index is 1.99. The SMILES string of the molecule is CC(CO)CSc1c(Cl)cccc1CNC1CC1. The zero-order valence-electron chi connectivity index (χ0n) is 10.7. The zero-order valence-corrected chi connectivity index (χ0v) is 12.2. The number of halogens is 1. The summed E-state index contributed by atoms with van der Waals surface area (Å²) in [5.74, 6) is 1.20. The number of thioether (sulfide) groups is 1. The molecule has 1 aromatic rings. The first kappa shape index (κ1) is 14.2. The lowest BCUT2D eigenvalue weighted by Crippen LogP contribution is -2.16. The molecule has 18 heavy (non-hydrogen) atoms. The molecule has 0 aromatic heterocycles. The van der Waals surface area contributed by atoms with Crippen molar-refractivity contribution in [2.75, 3.05) is 12.4 Å². The Kier molecular flexibility index (Phi) is 5.37. The van der Waals surface area contributed by atoms with Crippen LogP contribution < -0.4 is 5.32 Å². The smallest absolute Gasteiger partial charge is 0.0545 e. The zero-order chi connectivity index (χ0) is 13.0. The van der Waals surface area contributed by atoms with Gasteiger partial charge in [-0.15, -0.1) is 11.8 Å². The largest absolute Gasteiger partial charge is 0.396 e. The predicted octanol–water partition coefficient (Wildman–Crippen LogP) is 3.31. The lowest BCUT2D eigenvalue weighted by Gasteiger charge is -2.13. The van der Waals surface area contributed by atoms with Gasteiger partial charge in [0, 0.05) is 29.8 Å². The Labute approximate surface area is 118 Å². The molecule has 0 aliphatic heterocycles. The summed E-state index contributed by atoms with van der Waals surface area (Å²) in [4.78, 5) is 1.16. The number of aliphatic hydroxyl groups is 1. The molecule has 1 atom stereocenters. The predicted molar refractivity (Wildman–Crippen MR) is 78.3 cm³/mol. The van der Waals surface area contributed by atoms with Crippen molar-refractivity contribution >= 4 is 23.4 Å². The van der Waals surface area contributed by atoms with E-state index in [0.29, 0.717) is 12.0 Å². The fraction of sp³-hybridized carbons (Fsp3) is 0.571. The van der Waals surface area contributed by atoms with Crippen molar-refractivity contribution in [2.24, 2.45) is 5.92 Å². The van der Waals surface area contributed by atoms with Gasteiger partial charge in [0.15, 0.2) is 0 Å². The van der Waals surface area contributed by atoms with Crippen LogP contribution in [0.4, 0.5) is 0 Å². The Morgan fingerprint density at radius 1 is 1.50 bits per heavy atom. The van der Waals surface area contributed by atoms with Crippen LogP contribution in [-0.2, 0) is 6.54 Å². The molecule has 0 bridgehead atoms. The van der Waals surface area contributed by atoms with Gasteiger partial charge in [-0.1, -0.05) is 30.7 Å². The Bertz CT molecular complexity index is 395.